The molecule has 104 valence electrons. The SMILES string of the molecule is CCC(CN)CC(=O)N(Cc1ccccn1)C1CC1. The van der Waals surface area contributed by atoms with E-state index >= 15 is 0 Å². The number of carbonyl (C=O) groups is 1. The number of rotatable bonds is 7. The van der Waals surface area contributed by atoms with Crippen molar-refractivity contribution in [2.45, 2.75) is 45.2 Å². The van der Waals surface area contributed by atoms with Gasteiger partial charge in [-0.2, -0.15) is 0 Å². The summed E-state index contributed by atoms with van der Waals surface area (Å²) in [6.45, 7) is 3.31. The van der Waals surface area contributed by atoms with Gasteiger partial charge in [0.2, 0.25) is 5.91 Å². The number of hydrogen-bond donors (Lipinski definition) is 1. The van der Waals surface area contributed by atoms with Gasteiger partial charge >= 0.3 is 0 Å². The molecule has 1 amide bonds. The van der Waals surface area contributed by atoms with Crippen LogP contribution in [0.3, 0.4) is 0 Å². The maximum absolute atomic E-state index is 12.4. The van der Waals surface area contributed by atoms with E-state index in [4.69, 9.17) is 5.73 Å². The first-order valence-corrected chi connectivity index (χ1v) is 7.14. The van der Waals surface area contributed by atoms with Crippen molar-refractivity contribution in [2.24, 2.45) is 11.7 Å². The summed E-state index contributed by atoms with van der Waals surface area (Å²) in [6, 6.07) is 6.26. The molecule has 1 saturated carbocycles. The summed E-state index contributed by atoms with van der Waals surface area (Å²) in [6.07, 6.45) is 5.55. The van der Waals surface area contributed by atoms with Crippen molar-refractivity contribution in [1.29, 1.82) is 0 Å². The van der Waals surface area contributed by atoms with E-state index in [9.17, 15) is 4.79 Å². The number of hydrogen-bond acceptors (Lipinski definition) is 3. The Balaban J connectivity index is 1.98. The molecule has 2 rings (SSSR count). The predicted octanol–water partition coefficient (Wildman–Crippen LogP) is 1.95. The van der Waals surface area contributed by atoms with E-state index in [1.165, 1.54) is 0 Å². The topological polar surface area (TPSA) is 59.2 Å². The first kappa shape index (κ1) is 14.0. The van der Waals surface area contributed by atoms with Crippen LogP contribution in [0.25, 0.3) is 0 Å². The molecule has 0 radical (unpaired) electrons. The lowest BCUT2D eigenvalue weighted by Gasteiger charge is -2.24. The normalized spacial score (nSPS) is 16.1. The highest BCUT2D eigenvalue weighted by Crippen LogP contribution is 2.29. The zero-order valence-corrected chi connectivity index (χ0v) is 11.6. The fraction of sp³-hybridized carbons (Fsp3) is 0.600. The van der Waals surface area contributed by atoms with E-state index in [2.05, 4.69) is 11.9 Å². The fourth-order valence-corrected chi connectivity index (χ4v) is 2.23. The van der Waals surface area contributed by atoms with E-state index in [0.717, 1.165) is 25.0 Å². The molecule has 2 N–H and O–H groups in total. The lowest BCUT2D eigenvalue weighted by Crippen LogP contribution is -2.35. The third kappa shape index (κ3) is 4.03. The second-order valence-corrected chi connectivity index (χ2v) is 5.29. The highest BCUT2D eigenvalue weighted by atomic mass is 16.2. The van der Waals surface area contributed by atoms with Gasteiger partial charge in [0.1, 0.15) is 0 Å². The lowest BCUT2D eigenvalue weighted by atomic mass is 10.0. The summed E-state index contributed by atoms with van der Waals surface area (Å²) in [5.74, 6) is 0.530. The zero-order chi connectivity index (χ0) is 13.7. The standard InChI is InChI=1S/C15H23N3O/c1-2-12(10-16)9-15(19)18(14-6-7-14)11-13-5-3-4-8-17-13/h3-5,8,12,14H,2,6-7,9-11,16H2,1H3. The van der Waals surface area contributed by atoms with E-state index in [0.29, 0.717) is 31.5 Å². The molecule has 1 heterocycles. The second kappa shape index (κ2) is 6.66. The molecule has 1 atom stereocenters. The summed E-state index contributed by atoms with van der Waals surface area (Å²) < 4.78 is 0. The molecule has 0 aliphatic heterocycles. The van der Waals surface area contributed by atoms with E-state index in [1.807, 2.05) is 23.1 Å². The molecule has 1 aliphatic rings. The summed E-state index contributed by atoms with van der Waals surface area (Å²) in [4.78, 5) is 18.7. The van der Waals surface area contributed by atoms with Crippen LogP contribution in [0.5, 0.6) is 0 Å². The Morgan fingerprint density at radius 1 is 1.53 bits per heavy atom. The number of aromatic nitrogens is 1. The van der Waals surface area contributed by atoms with Crippen molar-refractivity contribution in [2.75, 3.05) is 6.54 Å². The van der Waals surface area contributed by atoms with Crippen molar-refractivity contribution < 1.29 is 4.79 Å². The van der Waals surface area contributed by atoms with Gasteiger partial charge in [0.25, 0.3) is 0 Å². The van der Waals surface area contributed by atoms with Gasteiger partial charge in [0.05, 0.1) is 12.2 Å². The Hall–Kier alpha value is -1.42. The van der Waals surface area contributed by atoms with Gasteiger partial charge in [0.15, 0.2) is 0 Å². The number of carbonyl (C=O) groups excluding carboxylic acids is 1. The second-order valence-electron chi connectivity index (χ2n) is 5.29. The summed E-state index contributed by atoms with van der Waals surface area (Å²) in [7, 11) is 0. The van der Waals surface area contributed by atoms with E-state index < -0.39 is 0 Å². The summed E-state index contributed by atoms with van der Waals surface area (Å²) >= 11 is 0. The molecular weight excluding hydrogens is 238 g/mol. The molecule has 0 bridgehead atoms. The van der Waals surface area contributed by atoms with Crippen molar-refractivity contribution in [3.63, 3.8) is 0 Å². The van der Waals surface area contributed by atoms with Gasteiger partial charge in [-0.25, -0.2) is 0 Å². The number of pyridine rings is 1. The molecule has 19 heavy (non-hydrogen) atoms. The molecular formula is C15H23N3O. The largest absolute Gasteiger partial charge is 0.334 e. The Bertz CT molecular complexity index is 399. The molecule has 4 nitrogen and oxygen atoms in total. The van der Waals surface area contributed by atoms with Gasteiger partial charge in [-0.3, -0.25) is 9.78 Å². The van der Waals surface area contributed by atoms with Gasteiger partial charge in [-0.15, -0.1) is 0 Å². The Labute approximate surface area is 115 Å². The lowest BCUT2D eigenvalue weighted by molar-refractivity contribution is -0.133. The molecule has 4 heteroatoms. The fourth-order valence-electron chi connectivity index (χ4n) is 2.23. The van der Waals surface area contributed by atoms with Crippen LogP contribution in [-0.2, 0) is 11.3 Å². The number of amides is 1. The zero-order valence-electron chi connectivity index (χ0n) is 11.6. The number of nitrogens with zero attached hydrogens (tertiary/aromatic N) is 2. The van der Waals surface area contributed by atoms with Crippen molar-refractivity contribution in [3.8, 4) is 0 Å². The smallest absolute Gasteiger partial charge is 0.223 e. The van der Waals surface area contributed by atoms with Crippen molar-refractivity contribution in [3.05, 3.63) is 30.1 Å². The minimum absolute atomic E-state index is 0.227. The molecule has 0 spiro atoms. The average molecular weight is 261 g/mol. The summed E-state index contributed by atoms with van der Waals surface area (Å²) in [5, 5.41) is 0. The third-order valence-corrected chi connectivity index (χ3v) is 3.74. The van der Waals surface area contributed by atoms with Crippen molar-refractivity contribution >= 4 is 5.91 Å². The third-order valence-electron chi connectivity index (χ3n) is 3.74. The van der Waals surface area contributed by atoms with E-state index in [1.54, 1.807) is 6.20 Å². The molecule has 0 aromatic carbocycles. The minimum Gasteiger partial charge on any atom is -0.334 e. The Morgan fingerprint density at radius 3 is 2.84 bits per heavy atom. The van der Waals surface area contributed by atoms with Crippen LogP contribution in [0.1, 0.15) is 38.3 Å². The predicted molar refractivity (Wildman–Crippen MR) is 75.3 cm³/mol. The first-order valence-electron chi connectivity index (χ1n) is 7.14. The Morgan fingerprint density at radius 2 is 2.32 bits per heavy atom. The van der Waals surface area contributed by atoms with E-state index in [-0.39, 0.29) is 5.91 Å². The van der Waals surface area contributed by atoms with Gasteiger partial charge in [-0.05, 0) is 37.4 Å². The quantitative estimate of drug-likeness (QED) is 0.816. The summed E-state index contributed by atoms with van der Waals surface area (Å²) in [5.41, 5.74) is 6.65. The monoisotopic (exact) mass is 261 g/mol. The van der Waals surface area contributed by atoms with Crippen LogP contribution in [-0.4, -0.2) is 28.4 Å². The van der Waals surface area contributed by atoms with Crippen LogP contribution < -0.4 is 5.73 Å². The molecule has 0 saturated heterocycles. The van der Waals surface area contributed by atoms with Crippen LogP contribution in [0.2, 0.25) is 0 Å². The highest BCUT2D eigenvalue weighted by molar-refractivity contribution is 5.77. The maximum Gasteiger partial charge on any atom is 0.223 e. The van der Waals surface area contributed by atoms with Gasteiger partial charge in [0, 0.05) is 18.7 Å². The number of nitrogens with two attached hydrogens (primary N) is 1. The molecule has 1 unspecified atom stereocenters. The van der Waals surface area contributed by atoms with Crippen LogP contribution >= 0.6 is 0 Å². The Kier molecular flexibility index (Phi) is 4.91. The first-order chi connectivity index (χ1) is 9.24. The molecule has 1 aromatic rings. The minimum atomic E-state index is 0.227. The molecule has 1 aliphatic carbocycles. The molecule has 1 aromatic heterocycles. The van der Waals surface area contributed by atoms with Crippen LogP contribution in [0.15, 0.2) is 24.4 Å². The average Bonchev–Trinajstić information content (AvgIpc) is 3.27. The van der Waals surface area contributed by atoms with Crippen molar-refractivity contribution in [1.82, 2.24) is 9.88 Å². The highest BCUT2D eigenvalue weighted by Gasteiger charge is 2.33. The van der Waals surface area contributed by atoms with Gasteiger partial charge in [-0.1, -0.05) is 19.4 Å². The molecule has 1 fully saturated rings. The van der Waals surface area contributed by atoms with Gasteiger partial charge < -0.3 is 10.6 Å². The van der Waals surface area contributed by atoms with Crippen LogP contribution in [0, 0.1) is 5.92 Å². The van der Waals surface area contributed by atoms with Crippen LogP contribution in [0.4, 0.5) is 0 Å². The maximum atomic E-state index is 12.4.